The standard InChI is InChI=1S/C24H47N3O3/c1-11-21(6,16-24(9,25)14-4)18(17(5)28)27-20(30)23(8,13-3)15-22(7,12-2)19(29)26-10/h18H,11-16,25H2,1-10H3,(H,26,29)(H,27,30). The first-order valence-corrected chi connectivity index (χ1v) is 11.4. The van der Waals surface area contributed by atoms with Crippen LogP contribution >= 0.6 is 0 Å². The fraction of sp³-hybridized carbons (Fsp3) is 0.875. The minimum absolute atomic E-state index is 0.0670. The summed E-state index contributed by atoms with van der Waals surface area (Å²) in [7, 11) is 1.62. The fourth-order valence-electron chi connectivity index (χ4n) is 4.45. The Morgan fingerprint density at radius 1 is 0.800 bits per heavy atom. The van der Waals surface area contributed by atoms with E-state index in [9.17, 15) is 14.4 Å². The molecule has 0 aliphatic rings. The first kappa shape index (κ1) is 28.6. The smallest absolute Gasteiger partial charge is 0.226 e. The van der Waals surface area contributed by atoms with E-state index in [0.29, 0.717) is 25.7 Å². The normalized spacial score (nSPS) is 20.6. The molecule has 0 aromatic carbocycles. The van der Waals surface area contributed by atoms with E-state index >= 15 is 0 Å². The zero-order chi connectivity index (χ0) is 24.0. The summed E-state index contributed by atoms with van der Waals surface area (Å²) in [6.45, 7) is 17.3. The summed E-state index contributed by atoms with van der Waals surface area (Å²) in [6.07, 6.45) is 3.75. The van der Waals surface area contributed by atoms with Crippen LogP contribution in [0.25, 0.3) is 0 Å². The fourth-order valence-corrected chi connectivity index (χ4v) is 4.45. The van der Waals surface area contributed by atoms with Gasteiger partial charge in [0.1, 0.15) is 0 Å². The average molecular weight is 426 g/mol. The van der Waals surface area contributed by atoms with Crippen LogP contribution < -0.4 is 16.4 Å². The summed E-state index contributed by atoms with van der Waals surface area (Å²) in [5.41, 5.74) is 4.14. The molecule has 5 unspecified atom stereocenters. The molecule has 0 radical (unpaired) electrons. The van der Waals surface area contributed by atoms with Gasteiger partial charge >= 0.3 is 0 Å². The molecule has 5 atom stereocenters. The van der Waals surface area contributed by atoms with Crippen LogP contribution in [-0.2, 0) is 14.4 Å². The van der Waals surface area contributed by atoms with Crippen LogP contribution in [0.15, 0.2) is 0 Å². The number of Topliss-reactive ketones (excluding diaryl/α,β-unsaturated/α-hetero) is 1. The first-order valence-electron chi connectivity index (χ1n) is 11.4. The van der Waals surface area contributed by atoms with Crippen molar-refractivity contribution in [3.05, 3.63) is 0 Å². The van der Waals surface area contributed by atoms with Crippen molar-refractivity contribution in [3.8, 4) is 0 Å². The Hall–Kier alpha value is -1.43. The predicted molar refractivity (Wildman–Crippen MR) is 124 cm³/mol. The molecule has 30 heavy (non-hydrogen) atoms. The number of hydrogen-bond acceptors (Lipinski definition) is 4. The monoisotopic (exact) mass is 425 g/mol. The van der Waals surface area contributed by atoms with E-state index in [1.165, 1.54) is 6.92 Å². The van der Waals surface area contributed by atoms with Crippen molar-refractivity contribution in [2.45, 2.75) is 112 Å². The van der Waals surface area contributed by atoms with E-state index in [0.717, 1.165) is 12.8 Å². The Kier molecular flexibility index (Phi) is 10.2. The molecule has 0 heterocycles. The van der Waals surface area contributed by atoms with Gasteiger partial charge in [-0.25, -0.2) is 0 Å². The second kappa shape index (κ2) is 10.7. The van der Waals surface area contributed by atoms with Gasteiger partial charge in [0.2, 0.25) is 11.8 Å². The molecule has 0 spiro atoms. The minimum atomic E-state index is -0.767. The summed E-state index contributed by atoms with van der Waals surface area (Å²) < 4.78 is 0. The van der Waals surface area contributed by atoms with Crippen molar-refractivity contribution in [2.24, 2.45) is 22.0 Å². The number of carbonyl (C=O) groups is 3. The molecule has 0 bridgehead atoms. The molecule has 0 aliphatic carbocycles. The number of carbonyl (C=O) groups excluding carboxylic acids is 3. The predicted octanol–water partition coefficient (Wildman–Crippen LogP) is 3.96. The van der Waals surface area contributed by atoms with Gasteiger partial charge < -0.3 is 16.4 Å². The molecule has 6 heteroatoms. The maximum atomic E-state index is 13.5. The number of ketones is 1. The van der Waals surface area contributed by atoms with E-state index in [4.69, 9.17) is 5.73 Å². The number of hydrogen-bond donors (Lipinski definition) is 3. The molecule has 2 amide bonds. The van der Waals surface area contributed by atoms with Crippen molar-refractivity contribution >= 4 is 17.6 Å². The molecule has 0 fully saturated rings. The topological polar surface area (TPSA) is 101 Å². The second-order valence-electron chi connectivity index (χ2n) is 10.3. The summed E-state index contributed by atoms with van der Waals surface area (Å²) >= 11 is 0. The SMILES string of the molecule is CCC(C)(N)CC(C)(CC)C(NC(=O)C(C)(CC)CC(C)(CC)C(=O)NC)C(C)=O. The molecule has 0 rings (SSSR count). The molecule has 176 valence electrons. The van der Waals surface area contributed by atoms with E-state index in [-0.39, 0.29) is 17.6 Å². The molecule has 6 nitrogen and oxygen atoms in total. The molecule has 4 N–H and O–H groups in total. The van der Waals surface area contributed by atoms with Gasteiger partial charge in [-0.2, -0.15) is 0 Å². The van der Waals surface area contributed by atoms with Gasteiger partial charge in [0.25, 0.3) is 0 Å². The van der Waals surface area contributed by atoms with Crippen LogP contribution in [0.1, 0.15) is 101 Å². The van der Waals surface area contributed by atoms with E-state index in [2.05, 4.69) is 10.6 Å². The Morgan fingerprint density at radius 3 is 1.60 bits per heavy atom. The Labute approximate surface area is 184 Å². The highest BCUT2D eigenvalue weighted by Gasteiger charge is 2.46. The number of rotatable bonds is 13. The Balaban J connectivity index is 5.93. The van der Waals surface area contributed by atoms with Crippen molar-refractivity contribution in [3.63, 3.8) is 0 Å². The van der Waals surface area contributed by atoms with Gasteiger partial charge in [-0.05, 0) is 57.8 Å². The first-order chi connectivity index (χ1) is 13.6. The third kappa shape index (κ3) is 6.79. The van der Waals surface area contributed by atoms with Crippen molar-refractivity contribution in [1.82, 2.24) is 10.6 Å². The van der Waals surface area contributed by atoms with E-state index < -0.39 is 27.8 Å². The molecule has 0 aromatic rings. The Morgan fingerprint density at radius 2 is 1.27 bits per heavy atom. The van der Waals surface area contributed by atoms with Crippen LogP contribution in [0.3, 0.4) is 0 Å². The summed E-state index contributed by atoms with van der Waals surface area (Å²) in [4.78, 5) is 38.6. The average Bonchev–Trinajstić information content (AvgIpc) is 2.69. The van der Waals surface area contributed by atoms with E-state index in [1.807, 2.05) is 55.4 Å². The quantitative estimate of drug-likeness (QED) is 0.416. The van der Waals surface area contributed by atoms with Gasteiger partial charge in [-0.1, -0.05) is 48.5 Å². The second-order valence-corrected chi connectivity index (χ2v) is 10.3. The number of nitrogens with two attached hydrogens (primary N) is 1. The van der Waals surface area contributed by atoms with Gasteiger partial charge in [-0.15, -0.1) is 0 Å². The lowest BCUT2D eigenvalue weighted by atomic mass is 9.67. The van der Waals surface area contributed by atoms with Gasteiger partial charge in [0.15, 0.2) is 5.78 Å². The highest BCUT2D eigenvalue weighted by Crippen LogP contribution is 2.41. The molecule has 0 saturated heterocycles. The third-order valence-electron chi connectivity index (χ3n) is 7.47. The van der Waals surface area contributed by atoms with Crippen LogP contribution in [0.4, 0.5) is 0 Å². The van der Waals surface area contributed by atoms with Gasteiger partial charge in [0.05, 0.1) is 6.04 Å². The van der Waals surface area contributed by atoms with Crippen molar-refractivity contribution in [1.29, 1.82) is 0 Å². The highest BCUT2D eigenvalue weighted by molar-refractivity contribution is 5.91. The maximum Gasteiger partial charge on any atom is 0.226 e. The van der Waals surface area contributed by atoms with Crippen LogP contribution in [-0.4, -0.2) is 36.2 Å². The number of nitrogens with one attached hydrogen (secondary N) is 2. The summed E-state index contributed by atoms with van der Waals surface area (Å²) in [6, 6.07) is -0.622. The minimum Gasteiger partial charge on any atom is -0.359 e. The highest BCUT2D eigenvalue weighted by atomic mass is 16.2. The van der Waals surface area contributed by atoms with Gasteiger partial charge in [0, 0.05) is 23.4 Å². The van der Waals surface area contributed by atoms with Gasteiger partial charge in [-0.3, -0.25) is 14.4 Å². The third-order valence-corrected chi connectivity index (χ3v) is 7.47. The number of amides is 2. The van der Waals surface area contributed by atoms with Crippen LogP contribution in [0.5, 0.6) is 0 Å². The summed E-state index contributed by atoms with van der Waals surface area (Å²) in [5, 5.41) is 5.80. The molecular weight excluding hydrogens is 378 g/mol. The zero-order valence-electron chi connectivity index (χ0n) is 21.1. The lowest BCUT2D eigenvalue weighted by Crippen LogP contribution is -2.57. The molecule has 0 aliphatic heterocycles. The van der Waals surface area contributed by atoms with Crippen molar-refractivity contribution in [2.75, 3.05) is 7.05 Å². The molecule has 0 saturated carbocycles. The largest absolute Gasteiger partial charge is 0.359 e. The Bertz CT molecular complexity index is 619. The van der Waals surface area contributed by atoms with Crippen molar-refractivity contribution < 1.29 is 14.4 Å². The maximum absolute atomic E-state index is 13.5. The van der Waals surface area contributed by atoms with E-state index in [1.54, 1.807) is 7.05 Å². The summed E-state index contributed by atoms with van der Waals surface area (Å²) in [5.74, 6) is -0.313. The lowest BCUT2D eigenvalue weighted by Gasteiger charge is -2.43. The van der Waals surface area contributed by atoms with Crippen LogP contribution in [0, 0.1) is 16.2 Å². The lowest BCUT2D eigenvalue weighted by molar-refractivity contribution is -0.141. The molecule has 0 aromatic heterocycles. The zero-order valence-corrected chi connectivity index (χ0v) is 21.1. The molecular formula is C24H47N3O3. The van der Waals surface area contributed by atoms with Crippen LogP contribution in [0.2, 0.25) is 0 Å².